The largest absolute Gasteiger partial charge is 0.327 e. The molecule has 1 aliphatic heterocycles. The number of aromatic nitrogens is 2. The molecule has 18 heavy (non-hydrogen) atoms. The van der Waals surface area contributed by atoms with Crippen molar-refractivity contribution >= 4 is 0 Å². The molecule has 0 bridgehead atoms. The van der Waals surface area contributed by atoms with Crippen LogP contribution < -0.4 is 5.73 Å². The van der Waals surface area contributed by atoms with Gasteiger partial charge in [0.2, 0.25) is 0 Å². The number of likely N-dealkylation sites (tertiary alicyclic amines) is 1. The second kappa shape index (κ2) is 4.94. The van der Waals surface area contributed by atoms with Crippen molar-refractivity contribution in [1.29, 1.82) is 0 Å². The highest BCUT2D eigenvalue weighted by Crippen LogP contribution is 2.38. The Morgan fingerprint density at radius 2 is 2.22 bits per heavy atom. The fourth-order valence-electron chi connectivity index (χ4n) is 3.58. The van der Waals surface area contributed by atoms with Crippen LogP contribution in [0.5, 0.6) is 0 Å². The molecule has 3 rings (SSSR count). The summed E-state index contributed by atoms with van der Waals surface area (Å²) >= 11 is 0. The van der Waals surface area contributed by atoms with Crippen LogP contribution in [0.1, 0.15) is 37.9 Å². The van der Waals surface area contributed by atoms with Crippen LogP contribution in [-0.2, 0) is 0 Å². The molecule has 2 heterocycles. The second-order valence-electron chi connectivity index (χ2n) is 5.78. The lowest BCUT2D eigenvalue weighted by molar-refractivity contribution is 0.241. The Kier molecular flexibility index (Phi) is 3.31. The molecule has 2 fully saturated rings. The summed E-state index contributed by atoms with van der Waals surface area (Å²) in [7, 11) is 0. The number of fused-ring (bicyclic) bond motifs is 1. The van der Waals surface area contributed by atoms with E-state index in [1.807, 2.05) is 6.20 Å². The van der Waals surface area contributed by atoms with E-state index in [2.05, 4.69) is 21.8 Å². The normalized spacial score (nSPS) is 34.2. The zero-order chi connectivity index (χ0) is 12.5. The van der Waals surface area contributed by atoms with Crippen LogP contribution in [-0.4, -0.2) is 34.0 Å². The highest BCUT2D eigenvalue weighted by molar-refractivity contribution is 5.04. The van der Waals surface area contributed by atoms with Gasteiger partial charge in [0.15, 0.2) is 0 Å². The summed E-state index contributed by atoms with van der Waals surface area (Å²) in [6.45, 7) is 4.53. The van der Waals surface area contributed by atoms with Crippen LogP contribution >= 0.6 is 0 Å². The SMILES string of the molecule is CC(c1cnccn1)N1CC2CCCC(N)C2C1. The third kappa shape index (κ3) is 2.15. The van der Waals surface area contributed by atoms with Crippen molar-refractivity contribution in [2.24, 2.45) is 17.6 Å². The van der Waals surface area contributed by atoms with Crippen molar-refractivity contribution in [1.82, 2.24) is 14.9 Å². The smallest absolute Gasteiger partial charge is 0.0755 e. The van der Waals surface area contributed by atoms with E-state index >= 15 is 0 Å². The van der Waals surface area contributed by atoms with Gasteiger partial charge in [0.25, 0.3) is 0 Å². The summed E-state index contributed by atoms with van der Waals surface area (Å²) in [5.41, 5.74) is 7.34. The Balaban J connectivity index is 1.71. The lowest BCUT2D eigenvalue weighted by Gasteiger charge is -2.30. The fourth-order valence-corrected chi connectivity index (χ4v) is 3.58. The highest BCUT2D eigenvalue weighted by Gasteiger charge is 2.40. The molecule has 2 N–H and O–H groups in total. The molecule has 0 radical (unpaired) electrons. The van der Waals surface area contributed by atoms with Gasteiger partial charge in [0.1, 0.15) is 0 Å². The second-order valence-corrected chi connectivity index (χ2v) is 5.78. The van der Waals surface area contributed by atoms with E-state index in [1.54, 1.807) is 12.4 Å². The molecule has 0 aromatic carbocycles. The van der Waals surface area contributed by atoms with Crippen LogP contribution in [0.15, 0.2) is 18.6 Å². The van der Waals surface area contributed by atoms with Crippen molar-refractivity contribution < 1.29 is 0 Å². The number of nitrogens with zero attached hydrogens (tertiary/aromatic N) is 3. The Labute approximate surface area is 109 Å². The monoisotopic (exact) mass is 246 g/mol. The quantitative estimate of drug-likeness (QED) is 0.861. The number of nitrogens with two attached hydrogens (primary N) is 1. The average Bonchev–Trinajstić information content (AvgIpc) is 2.84. The lowest BCUT2D eigenvalue weighted by atomic mass is 9.78. The van der Waals surface area contributed by atoms with Gasteiger partial charge < -0.3 is 5.73 Å². The maximum absolute atomic E-state index is 6.27. The minimum absolute atomic E-state index is 0.358. The van der Waals surface area contributed by atoms with Crippen molar-refractivity contribution in [3.63, 3.8) is 0 Å². The number of rotatable bonds is 2. The van der Waals surface area contributed by atoms with Gasteiger partial charge in [-0.2, -0.15) is 0 Å². The molecule has 1 saturated heterocycles. The Morgan fingerprint density at radius 3 is 2.94 bits per heavy atom. The van der Waals surface area contributed by atoms with Crippen LogP contribution in [0, 0.1) is 11.8 Å². The van der Waals surface area contributed by atoms with Gasteiger partial charge in [-0.15, -0.1) is 0 Å². The summed E-state index contributed by atoms with van der Waals surface area (Å²) in [5.74, 6) is 1.49. The highest BCUT2D eigenvalue weighted by atomic mass is 15.2. The van der Waals surface area contributed by atoms with E-state index in [-0.39, 0.29) is 0 Å². The van der Waals surface area contributed by atoms with Crippen molar-refractivity contribution in [2.45, 2.75) is 38.3 Å². The van der Waals surface area contributed by atoms with Gasteiger partial charge in [0.05, 0.1) is 11.7 Å². The van der Waals surface area contributed by atoms with E-state index in [1.165, 1.54) is 25.8 Å². The van der Waals surface area contributed by atoms with E-state index in [0.717, 1.165) is 18.2 Å². The topological polar surface area (TPSA) is 55.0 Å². The van der Waals surface area contributed by atoms with Gasteiger partial charge >= 0.3 is 0 Å². The maximum atomic E-state index is 6.27. The Bertz CT molecular complexity index is 394. The minimum Gasteiger partial charge on any atom is -0.327 e. The summed E-state index contributed by atoms with van der Waals surface area (Å²) in [4.78, 5) is 11.1. The lowest BCUT2D eigenvalue weighted by Crippen LogP contribution is -2.38. The van der Waals surface area contributed by atoms with Crippen LogP contribution in [0.3, 0.4) is 0 Å². The molecule has 0 spiro atoms. The van der Waals surface area contributed by atoms with Gasteiger partial charge in [-0.1, -0.05) is 6.42 Å². The molecule has 2 aliphatic rings. The molecule has 1 saturated carbocycles. The first-order valence-corrected chi connectivity index (χ1v) is 7.01. The molecule has 4 nitrogen and oxygen atoms in total. The molecule has 1 aliphatic carbocycles. The Hall–Kier alpha value is -1.00. The van der Waals surface area contributed by atoms with Gasteiger partial charge in [0, 0.05) is 37.7 Å². The Morgan fingerprint density at radius 1 is 1.33 bits per heavy atom. The van der Waals surface area contributed by atoms with Crippen LogP contribution in [0.25, 0.3) is 0 Å². The van der Waals surface area contributed by atoms with E-state index < -0.39 is 0 Å². The third-order valence-electron chi connectivity index (χ3n) is 4.74. The zero-order valence-corrected chi connectivity index (χ0v) is 11.0. The summed E-state index contributed by atoms with van der Waals surface area (Å²) < 4.78 is 0. The zero-order valence-electron chi connectivity index (χ0n) is 11.0. The number of hydrogen-bond donors (Lipinski definition) is 1. The van der Waals surface area contributed by atoms with E-state index in [4.69, 9.17) is 5.73 Å². The first-order valence-electron chi connectivity index (χ1n) is 7.01. The summed E-state index contributed by atoms with van der Waals surface area (Å²) in [6, 6.07) is 0.763. The summed E-state index contributed by atoms with van der Waals surface area (Å²) in [5, 5.41) is 0. The fraction of sp³-hybridized carbons (Fsp3) is 0.714. The third-order valence-corrected chi connectivity index (χ3v) is 4.74. The standard InChI is InChI=1S/C14H22N4/c1-10(14-7-16-5-6-17-14)18-8-11-3-2-4-13(15)12(11)9-18/h5-7,10-13H,2-4,8-9,15H2,1H3. The van der Waals surface area contributed by atoms with Crippen LogP contribution in [0.4, 0.5) is 0 Å². The average molecular weight is 246 g/mol. The molecular weight excluding hydrogens is 224 g/mol. The molecule has 4 unspecified atom stereocenters. The van der Waals surface area contributed by atoms with E-state index in [9.17, 15) is 0 Å². The summed E-state index contributed by atoms with van der Waals surface area (Å²) in [6.07, 6.45) is 9.25. The predicted molar refractivity (Wildman–Crippen MR) is 70.8 cm³/mol. The molecular formula is C14H22N4. The van der Waals surface area contributed by atoms with Gasteiger partial charge in [-0.05, 0) is 31.6 Å². The first kappa shape index (κ1) is 12.1. The molecule has 1 aromatic rings. The van der Waals surface area contributed by atoms with Crippen LogP contribution in [0.2, 0.25) is 0 Å². The number of hydrogen-bond acceptors (Lipinski definition) is 4. The van der Waals surface area contributed by atoms with Gasteiger partial charge in [-0.3, -0.25) is 14.9 Å². The van der Waals surface area contributed by atoms with Crippen molar-refractivity contribution in [2.75, 3.05) is 13.1 Å². The molecule has 1 aromatic heterocycles. The molecule has 4 heteroatoms. The van der Waals surface area contributed by atoms with Crippen molar-refractivity contribution in [3.8, 4) is 0 Å². The van der Waals surface area contributed by atoms with E-state index in [0.29, 0.717) is 18.0 Å². The maximum Gasteiger partial charge on any atom is 0.0755 e. The first-order chi connectivity index (χ1) is 8.75. The predicted octanol–water partition coefficient (Wildman–Crippen LogP) is 1.60. The molecule has 4 atom stereocenters. The molecule has 98 valence electrons. The van der Waals surface area contributed by atoms with Crippen molar-refractivity contribution in [3.05, 3.63) is 24.3 Å². The van der Waals surface area contributed by atoms with Gasteiger partial charge in [-0.25, -0.2) is 0 Å². The minimum atomic E-state index is 0.358. The molecule has 0 amide bonds.